The standard InChI is InChI=1S/C18H21NO/c1-12-7-8-15(11-13(12)2)17(19)18-16-6-4-3-5-14(16)9-10-20-18/h3-8,11,17-18H,9-10,19H2,1-2H3. The summed E-state index contributed by atoms with van der Waals surface area (Å²) in [6, 6.07) is 14.8. The predicted molar refractivity (Wildman–Crippen MR) is 81.7 cm³/mol. The van der Waals surface area contributed by atoms with Gasteiger partial charge in [-0.25, -0.2) is 0 Å². The van der Waals surface area contributed by atoms with Gasteiger partial charge in [0.25, 0.3) is 0 Å². The molecule has 0 radical (unpaired) electrons. The molecule has 2 aromatic rings. The number of benzene rings is 2. The highest BCUT2D eigenvalue weighted by Gasteiger charge is 2.27. The topological polar surface area (TPSA) is 35.2 Å². The molecule has 2 unspecified atom stereocenters. The number of rotatable bonds is 2. The van der Waals surface area contributed by atoms with E-state index in [0.29, 0.717) is 0 Å². The van der Waals surface area contributed by atoms with Crippen molar-refractivity contribution in [2.24, 2.45) is 5.73 Å². The second-order valence-corrected chi connectivity index (χ2v) is 5.61. The molecular weight excluding hydrogens is 246 g/mol. The van der Waals surface area contributed by atoms with E-state index in [0.717, 1.165) is 18.6 Å². The van der Waals surface area contributed by atoms with Crippen LogP contribution in [0.1, 0.15) is 40.0 Å². The first-order valence-corrected chi connectivity index (χ1v) is 7.19. The van der Waals surface area contributed by atoms with Crippen molar-refractivity contribution in [3.05, 3.63) is 70.3 Å². The third kappa shape index (κ3) is 2.37. The average Bonchev–Trinajstić information content (AvgIpc) is 2.49. The fraction of sp³-hybridized carbons (Fsp3) is 0.333. The molecule has 2 N–H and O–H groups in total. The van der Waals surface area contributed by atoms with Crippen LogP contribution in [0.25, 0.3) is 0 Å². The fourth-order valence-electron chi connectivity index (χ4n) is 2.87. The van der Waals surface area contributed by atoms with Crippen LogP contribution < -0.4 is 5.73 Å². The first-order chi connectivity index (χ1) is 9.66. The maximum absolute atomic E-state index is 6.48. The zero-order chi connectivity index (χ0) is 14.1. The van der Waals surface area contributed by atoms with Crippen LogP contribution >= 0.6 is 0 Å². The zero-order valence-corrected chi connectivity index (χ0v) is 12.1. The minimum Gasteiger partial charge on any atom is -0.371 e. The van der Waals surface area contributed by atoms with E-state index in [9.17, 15) is 0 Å². The number of ether oxygens (including phenoxy) is 1. The van der Waals surface area contributed by atoms with Gasteiger partial charge in [-0.1, -0.05) is 42.5 Å². The van der Waals surface area contributed by atoms with Crippen molar-refractivity contribution in [3.63, 3.8) is 0 Å². The maximum atomic E-state index is 6.48. The number of hydrogen-bond acceptors (Lipinski definition) is 2. The summed E-state index contributed by atoms with van der Waals surface area (Å²) in [5.41, 5.74) is 12.8. The Bertz CT molecular complexity index is 621. The summed E-state index contributed by atoms with van der Waals surface area (Å²) in [5.74, 6) is 0. The van der Waals surface area contributed by atoms with Gasteiger partial charge < -0.3 is 10.5 Å². The highest BCUT2D eigenvalue weighted by molar-refractivity contribution is 5.36. The summed E-state index contributed by atoms with van der Waals surface area (Å²) in [7, 11) is 0. The van der Waals surface area contributed by atoms with Crippen LogP contribution in [0.4, 0.5) is 0 Å². The average molecular weight is 267 g/mol. The normalized spacial score (nSPS) is 19.4. The van der Waals surface area contributed by atoms with Gasteiger partial charge in [0.05, 0.1) is 12.6 Å². The molecule has 0 spiro atoms. The molecule has 1 heterocycles. The van der Waals surface area contributed by atoms with Crippen molar-refractivity contribution in [3.8, 4) is 0 Å². The summed E-state index contributed by atoms with van der Waals surface area (Å²) in [4.78, 5) is 0. The zero-order valence-electron chi connectivity index (χ0n) is 12.1. The van der Waals surface area contributed by atoms with E-state index in [1.165, 1.54) is 22.3 Å². The number of nitrogens with two attached hydrogens (primary N) is 1. The van der Waals surface area contributed by atoms with Gasteiger partial charge in [-0.2, -0.15) is 0 Å². The van der Waals surface area contributed by atoms with E-state index in [2.05, 4.69) is 56.3 Å². The van der Waals surface area contributed by atoms with Gasteiger partial charge in [0.1, 0.15) is 6.10 Å². The fourth-order valence-corrected chi connectivity index (χ4v) is 2.87. The van der Waals surface area contributed by atoms with Crippen molar-refractivity contribution < 1.29 is 4.74 Å². The third-order valence-electron chi connectivity index (χ3n) is 4.27. The van der Waals surface area contributed by atoms with Gasteiger partial charge in [0.15, 0.2) is 0 Å². The summed E-state index contributed by atoms with van der Waals surface area (Å²) < 4.78 is 5.97. The van der Waals surface area contributed by atoms with E-state index in [1.54, 1.807) is 0 Å². The Labute approximate surface area is 120 Å². The lowest BCUT2D eigenvalue weighted by Crippen LogP contribution is -2.27. The Morgan fingerprint density at radius 1 is 1.10 bits per heavy atom. The molecule has 0 bridgehead atoms. The Balaban J connectivity index is 1.95. The van der Waals surface area contributed by atoms with E-state index in [4.69, 9.17) is 10.5 Å². The predicted octanol–water partition coefficient (Wildman–Crippen LogP) is 3.62. The molecule has 1 aliphatic heterocycles. The summed E-state index contributed by atoms with van der Waals surface area (Å²) in [6.07, 6.45) is 0.939. The van der Waals surface area contributed by atoms with Crippen LogP contribution in [0, 0.1) is 13.8 Å². The number of hydrogen-bond donors (Lipinski definition) is 1. The highest BCUT2D eigenvalue weighted by Crippen LogP contribution is 2.35. The molecular formula is C18H21NO. The van der Waals surface area contributed by atoms with Gasteiger partial charge in [-0.05, 0) is 48.1 Å². The monoisotopic (exact) mass is 267 g/mol. The summed E-state index contributed by atoms with van der Waals surface area (Å²) in [5, 5.41) is 0. The van der Waals surface area contributed by atoms with Gasteiger partial charge in [-0.3, -0.25) is 0 Å². The molecule has 104 valence electrons. The van der Waals surface area contributed by atoms with E-state index < -0.39 is 0 Å². The highest BCUT2D eigenvalue weighted by atomic mass is 16.5. The lowest BCUT2D eigenvalue weighted by Gasteiger charge is -2.31. The Hall–Kier alpha value is -1.64. The lowest BCUT2D eigenvalue weighted by molar-refractivity contribution is 0.0241. The van der Waals surface area contributed by atoms with Gasteiger partial charge in [0, 0.05) is 0 Å². The summed E-state index contributed by atoms with van der Waals surface area (Å²) >= 11 is 0. The quantitative estimate of drug-likeness (QED) is 0.902. The van der Waals surface area contributed by atoms with E-state index in [-0.39, 0.29) is 12.1 Å². The molecule has 2 atom stereocenters. The van der Waals surface area contributed by atoms with Crippen LogP contribution in [0.15, 0.2) is 42.5 Å². The molecule has 2 aromatic carbocycles. The lowest BCUT2D eigenvalue weighted by atomic mass is 9.89. The van der Waals surface area contributed by atoms with Gasteiger partial charge in [-0.15, -0.1) is 0 Å². The van der Waals surface area contributed by atoms with Crippen LogP contribution in [0.2, 0.25) is 0 Å². The van der Waals surface area contributed by atoms with Gasteiger partial charge in [0.2, 0.25) is 0 Å². The second-order valence-electron chi connectivity index (χ2n) is 5.61. The van der Waals surface area contributed by atoms with Crippen molar-refractivity contribution in [2.45, 2.75) is 32.4 Å². The third-order valence-corrected chi connectivity index (χ3v) is 4.27. The summed E-state index contributed by atoms with van der Waals surface area (Å²) in [6.45, 7) is 5.00. The largest absolute Gasteiger partial charge is 0.371 e. The molecule has 3 rings (SSSR count). The van der Waals surface area contributed by atoms with Gasteiger partial charge >= 0.3 is 0 Å². The number of fused-ring (bicyclic) bond motifs is 1. The molecule has 0 aliphatic carbocycles. The molecule has 0 amide bonds. The molecule has 2 nitrogen and oxygen atoms in total. The van der Waals surface area contributed by atoms with Crippen LogP contribution in [0.3, 0.4) is 0 Å². The van der Waals surface area contributed by atoms with E-state index >= 15 is 0 Å². The molecule has 0 saturated heterocycles. The van der Waals surface area contributed by atoms with Crippen molar-refractivity contribution in [1.29, 1.82) is 0 Å². The molecule has 2 heteroatoms. The Morgan fingerprint density at radius 3 is 2.70 bits per heavy atom. The van der Waals surface area contributed by atoms with Crippen molar-refractivity contribution >= 4 is 0 Å². The van der Waals surface area contributed by atoms with E-state index in [1.807, 2.05) is 0 Å². The molecule has 0 saturated carbocycles. The minimum absolute atomic E-state index is 0.0398. The number of aryl methyl sites for hydroxylation is 2. The molecule has 1 aliphatic rings. The van der Waals surface area contributed by atoms with Crippen LogP contribution in [-0.2, 0) is 11.2 Å². The Kier molecular flexibility index (Phi) is 3.60. The molecule has 20 heavy (non-hydrogen) atoms. The Morgan fingerprint density at radius 2 is 1.90 bits per heavy atom. The second kappa shape index (κ2) is 5.39. The minimum atomic E-state index is -0.115. The maximum Gasteiger partial charge on any atom is 0.102 e. The SMILES string of the molecule is Cc1ccc(C(N)C2OCCc3ccccc32)cc1C. The first-order valence-electron chi connectivity index (χ1n) is 7.19. The van der Waals surface area contributed by atoms with Crippen molar-refractivity contribution in [2.75, 3.05) is 6.61 Å². The first kappa shape index (κ1) is 13.3. The molecule has 0 aromatic heterocycles. The van der Waals surface area contributed by atoms with Crippen molar-refractivity contribution in [1.82, 2.24) is 0 Å². The van der Waals surface area contributed by atoms with Crippen LogP contribution in [-0.4, -0.2) is 6.61 Å². The smallest absolute Gasteiger partial charge is 0.102 e. The van der Waals surface area contributed by atoms with Crippen LogP contribution in [0.5, 0.6) is 0 Å². The molecule has 0 fully saturated rings.